The largest absolute Gasteiger partial charge is 0.486 e. The number of aliphatic imine (C=N–C) groups is 2. The van der Waals surface area contributed by atoms with Gasteiger partial charge in [-0.25, -0.2) is 4.99 Å². The minimum absolute atomic E-state index is 0.00954. The van der Waals surface area contributed by atoms with Gasteiger partial charge in [-0.3, -0.25) is 48.1 Å². The van der Waals surface area contributed by atoms with Crippen LogP contribution in [0, 0.1) is 0 Å². The number of amides is 1. The number of ether oxygens (including phenoxy) is 1. The highest BCUT2D eigenvalue weighted by Gasteiger charge is 2.15. The number of benzene rings is 4. The Balaban J connectivity index is 0.000000467. The van der Waals surface area contributed by atoms with Gasteiger partial charge in [0.2, 0.25) is 5.91 Å². The molecule has 4 rings (SSSR count). The molecular formula is C50H60N6O14. The van der Waals surface area contributed by atoms with Crippen molar-refractivity contribution >= 4 is 65.3 Å². The van der Waals surface area contributed by atoms with Crippen LogP contribution in [0.4, 0.5) is 0 Å². The van der Waals surface area contributed by atoms with Gasteiger partial charge in [-0.15, -0.1) is 0 Å². The van der Waals surface area contributed by atoms with Gasteiger partial charge in [-0.2, -0.15) is 0 Å². The van der Waals surface area contributed by atoms with Crippen LogP contribution < -0.4 is 27.7 Å². The summed E-state index contributed by atoms with van der Waals surface area (Å²) in [5, 5.41) is 34.7. The van der Waals surface area contributed by atoms with Crippen LogP contribution in [0.2, 0.25) is 0 Å². The number of nitrogens with zero attached hydrogens (tertiary/aromatic N) is 2. The van der Waals surface area contributed by atoms with Crippen LogP contribution in [0.25, 0.3) is 0 Å². The second-order valence-corrected chi connectivity index (χ2v) is 15.7. The fraction of sp³-hybridized carbons (Fsp3) is 0.300. The molecule has 0 aliphatic rings. The van der Waals surface area contributed by atoms with E-state index in [9.17, 15) is 43.2 Å². The molecule has 4 unspecified atom stereocenters. The second-order valence-electron chi connectivity index (χ2n) is 15.7. The van der Waals surface area contributed by atoms with E-state index in [4.69, 9.17) is 48.1 Å². The van der Waals surface area contributed by atoms with E-state index in [2.05, 4.69) is 9.98 Å². The van der Waals surface area contributed by atoms with Crippen molar-refractivity contribution in [3.8, 4) is 5.75 Å². The minimum Gasteiger partial charge on any atom is -0.486 e. The van der Waals surface area contributed by atoms with Gasteiger partial charge < -0.3 is 48.1 Å². The number of nitrogens with two attached hydrogens (primary N) is 4. The van der Waals surface area contributed by atoms with Crippen LogP contribution in [0.3, 0.4) is 0 Å². The van der Waals surface area contributed by atoms with E-state index in [1.54, 1.807) is 91.1 Å². The molecule has 12 N–H and O–H groups in total. The van der Waals surface area contributed by atoms with Gasteiger partial charge in [0, 0.05) is 24.9 Å². The Morgan fingerprint density at radius 1 is 0.486 bits per heavy atom. The second kappa shape index (κ2) is 32.0. The number of hydrogen-bond donors (Lipinski definition) is 8. The van der Waals surface area contributed by atoms with Crippen LogP contribution in [0.1, 0.15) is 77.9 Å². The Morgan fingerprint density at radius 2 is 0.829 bits per heavy atom. The molecule has 4 aromatic carbocycles. The Bertz CT molecular complexity index is 2440. The number of ketones is 4. The Hall–Kier alpha value is -7.91. The van der Waals surface area contributed by atoms with Crippen LogP contribution >= 0.6 is 0 Å². The standard InChI is InChI=1S/C13H16N2O3.C13H15NO4.C12H14N2O3.C12H15NO4/c1-9(16)7-15-8-11-4-2-10(3-5-11)6-12(14)13(17)18;1-8(15)6-12(16)10-4-2-9(3-5-10)7-11(14)13(17)18;1-8(15)14-7-10-4-2-9(3-5-10)6-11(13)12(16)17;1-8(14)7-17-10-4-2-9(3-5-10)6-11(13)12(15)16/h2-5,8,12H,6-7,14H2,1H3,(H,17,18);2-5,11H,6-7,14H2,1H3,(H,17,18);2-5,7,11H,6,13H2,1H3,(H,16,17);2-5,11H,6-7,13H2,1H3,(H,15,16). The summed E-state index contributed by atoms with van der Waals surface area (Å²) >= 11 is 0. The van der Waals surface area contributed by atoms with Crippen molar-refractivity contribution in [1.29, 1.82) is 0 Å². The molecule has 0 aromatic heterocycles. The summed E-state index contributed by atoms with van der Waals surface area (Å²) in [6, 6.07) is 23.9. The minimum atomic E-state index is -1.06. The van der Waals surface area contributed by atoms with E-state index in [0.29, 0.717) is 17.7 Å². The lowest BCUT2D eigenvalue weighted by Crippen LogP contribution is -2.32. The maximum Gasteiger partial charge on any atom is 0.320 e. The number of hydrogen-bond acceptors (Lipinski definition) is 15. The molecule has 20 nitrogen and oxygen atoms in total. The monoisotopic (exact) mass is 968 g/mol. The molecule has 0 spiro atoms. The lowest BCUT2D eigenvalue weighted by atomic mass is 10.0. The molecule has 0 aliphatic heterocycles. The summed E-state index contributed by atoms with van der Waals surface area (Å²) in [4.78, 5) is 104. The topological polar surface area (TPSA) is 373 Å². The molecule has 0 aliphatic carbocycles. The quantitative estimate of drug-likeness (QED) is 0.0319. The highest BCUT2D eigenvalue weighted by Crippen LogP contribution is 2.14. The zero-order valence-electron chi connectivity index (χ0n) is 39.2. The van der Waals surface area contributed by atoms with Crippen molar-refractivity contribution in [2.75, 3.05) is 13.2 Å². The third kappa shape index (κ3) is 27.0. The molecule has 20 heteroatoms. The van der Waals surface area contributed by atoms with Crippen molar-refractivity contribution in [2.24, 2.45) is 32.9 Å². The first-order chi connectivity index (χ1) is 32.9. The van der Waals surface area contributed by atoms with Gasteiger partial charge in [-0.1, -0.05) is 84.9 Å². The van der Waals surface area contributed by atoms with Crippen molar-refractivity contribution in [2.45, 2.75) is 84.0 Å². The molecule has 1 amide bonds. The SMILES string of the molecule is CC(=O)CC(=O)c1ccc(CC(N)C(=O)O)cc1.CC(=O)CN=Cc1ccc(CC(N)C(=O)O)cc1.CC(=O)COc1ccc(CC(N)C(=O)O)cc1.CC(=O)N=Cc1ccc(CC(N)C(=O)O)cc1. The van der Waals surface area contributed by atoms with Gasteiger partial charge in [0.05, 0.1) is 13.0 Å². The van der Waals surface area contributed by atoms with Crippen LogP contribution in [-0.2, 0) is 64.0 Å². The molecule has 0 bridgehead atoms. The lowest BCUT2D eigenvalue weighted by molar-refractivity contribution is -0.139. The predicted molar refractivity (Wildman–Crippen MR) is 260 cm³/mol. The molecule has 4 aromatic rings. The highest BCUT2D eigenvalue weighted by molar-refractivity contribution is 6.07. The van der Waals surface area contributed by atoms with E-state index in [-0.39, 0.29) is 67.9 Å². The van der Waals surface area contributed by atoms with Gasteiger partial charge in [0.15, 0.2) is 17.3 Å². The highest BCUT2D eigenvalue weighted by atomic mass is 16.5. The number of rotatable bonds is 22. The number of carboxylic acid groups (broad SMARTS) is 4. The molecule has 0 heterocycles. The number of aliphatic carboxylic acids is 4. The molecule has 374 valence electrons. The summed E-state index contributed by atoms with van der Waals surface area (Å²) in [6.45, 7) is 5.86. The first kappa shape index (κ1) is 60.1. The van der Waals surface area contributed by atoms with Crippen LogP contribution in [0.15, 0.2) is 107 Å². The van der Waals surface area contributed by atoms with Gasteiger partial charge in [-0.05, 0) is 92.0 Å². The van der Waals surface area contributed by atoms with Crippen molar-refractivity contribution in [3.63, 3.8) is 0 Å². The Morgan fingerprint density at radius 3 is 1.14 bits per heavy atom. The van der Waals surface area contributed by atoms with E-state index >= 15 is 0 Å². The van der Waals surface area contributed by atoms with Gasteiger partial charge >= 0.3 is 23.9 Å². The molecule has 0 saturated carbocycles. The normalized spacial score (nSPS) is 12.2. The third-order valence-electron chi connectivity index (χ3n) is 9.05. The lowest BCUT2D eigenvalue weighted by Gasteiger charge is -2.08. The summed E-state index contributed by atoms with van der Waals surface area (Å²) in [5.74, 6) is -4.27. The fourth-order valence-electron chi connectivity index (χ4n) is 5.35. The third-order valence-corrected chi connectivity index (χ3v) is 9.05. The van der Waals surface area contributed by atoms with E-state index < -0.39 is 48.0 Å². The summed E-state index contributed by atoms with van der Waals surface area (Å²) in [5.41, 5.74) is 27.0. The van der Waals surface area contributed by atoms with Crippen molar-refractivity contribution in [3.05, 3.63) is 136 Å². The zero-order chi connectivity index (χ0) is 52.9. The first-order valence-electron chi connectivity index (χ1n) is 21.3. The molecular weight excluding hydrogens is 909 g/mol. The average Bonchev–Trinajstić information content (AvgIpc) is 3.29. The Labute approximate surface area is 404 Å². The zero-order valence-corrected chi connectivity index (χ0v) is 39.2. The van der Waals surface area contributed by atoms with Gasteiger partial charge in [0.1, 0.15) is 42.3 Å². The Kier molecular flexibility index (Phi) is 27.4. The maximum atomic E-state index is 11.6. The molecule has 0 saturated heterocycles. The van der Waals surface area contributed by atoms with Crippen LogP contribution in [0.5, 0.6) is 5.75 Å². The average molecular weight is 969 g/mol. The molecule has 70 heavy (non-hydrogen) atoms. The predicted octanol–water partition coefficient (Wildman–Crippen LogP) is 2.67. The first-order valence-corrected chi connectivity index (χ1v) is 21.3. The maximum absolute atomic E-state index is 11.6. The molecule has 4 atom stereocenters. The van der Waals surface area contributed by atoms with E-state index in [0.717, 1.165) is 33.4 Å². The number of carboxylic acids is 4. The summed E-state index contributed by atoms with van der Waals surface area (Å²) < 4.78 is 5.18. The number of carbonyl (C=O) groups is 9. The number of Topliss-reactive ketones (excluding diaryl/α,β-unsaturated/α-hetero) is 4. The van der Waals surface area contributed by atoms with E-state index in [1.807, 2.05) is 12.1 Å². The van der Waals surface area contributed by atoms with Gasteiger partial charge in [0.25, 0.3) is 0 Å². The smallest absolute Gasteiger partial charge is 0.320 e. The molecule has 0 fully saturated rings. The fourth-order valence-corrected chi connectivity index (χ4v) is 5.35. The van der Waals surface area contributed by atoms with Crippen LogP contribution in [-0.4, -0.2) is 123 Å². The van der Waals surface area contributed by atoms with Crippen molar-refractivity contribution < 1.29 is 68.3 Å². The van der Waals surface area contributed by atoms with E-state index in [1.165, 1.54) is 33.9 Å². The molecule has 0 radical (unpaired) electrons. The number of carbonyl (C=O) groups excluding carboxylic acids is 5. The summed E-state index contributed by atoms with van der Waals surface area (Å²) in [6.07, 6.45) is 4.00. The van der Waals surface area contributed by atoms with Crippen molar-refractivity contribution in [1.82, 2.24) is 0 Å². The summed E-state index contributed by atoms with van der Waals surface area (Å²) in [7, 11) is 0.